The molecule has 0 aromatic carbocycles. The summed E-state index contributed by atoms with van der Waals surface area (Å²) in [5.41, 5.74) is -0.662. The maximum absolute atomic E-state index is 12.4. The molecule has 0 spiro atoms. The summed E-state index contributed by atoms with van der Waals surface area (Å²) in [5, 5.41) is 0. The summed E-state index contributed by atoms with van der Waals surface area (Å²) in [5.74, 6) is -0.0413. The number of rotatable bonds is 2. The summed E-state index contributed by atoms with van der Waals surface area (Å²) in [4.78, 5) is 53.3. The van der Waals surface area contributed by atoms with Gasteiger partial charge in [0.1, 0.15) is 6.54 Å². The maximum atomic E-state index is 12.4. The minimum Gasteiger partial charge on any atom is -0.345 e. The molecule has 124 valence electrons. The monoisotopic (exact) mass is 320 g/mol. The van der Waals surface area contributed by atoms with Crippen molar-refractivity contribution in [2.45, 2.75) is 19.9 Å². The van der Waals surface area contributed by atoms with Crippen molar-refractivity contribution in [3.63, 3.8) is 0 Å². The van der Waals surface area contributed by atoms with Crippen molar-refractivity contribution >= 4 is 11.8 Å². The molecule has 8 heteroatoms. The molecule has 1 aromatic heterocycles. The zero-order valence-electron chi connectivity index (χ0n) is 13.2. The minimum atomic E-state index is -0.596. The SMILES string of the molecule is Cc1cn(CC(=O)N2C[C@H]3CCN(C)C(=O)[C@H]3C2)c(=O)[nH]c1=O. The first kappa shape index (κ1) is 15.5. The van der Waals surface area contributed by atoms with E-state index in [1.165, 1.54) is 10.8 Å². The van der Waals surface area contributed by atoms with Gasteiger partial charge in [0.05, 0.1) is 5.92 Å². The normalized spacial score (nSPS) is 24.0. The average molecular weight is 320 g/mol. The predicted molar refractivity (Wildman–Crippen MR) is 81.9 cm³/mol. The molecule has 2 fully saturated rings. The van der Waals surface area contributed by atoms with Gasteiger partial charge in [-0.2, -0.15) is 0 Å². The average Bonchev–Trinajstić information content (AvgIpc) is 2.93. The Morgan fingerprint density at radius 1 is 1.30 bits per heavy atom. The lowest BCUT2D eigenvalue weighted by Crippen LogP contribution is -2.43. The molecular formula is C15H20N4O4. The first-order valence-corrected chi connectivity index (χ1v) is 7.70. The van der Waals surface area contributed by atoms with Crippen LogP contribution in [-0.4, -0.2) is 57.8 Å². The number of fused-ring (bicyclic) bond motifs is 1. The van der Waals surface area contributed by atoms with Crippen LogP contribution in [0.5, 0.6) is 0 Å². The summed E-state index contributed by atoms with van der Waals surface area (Å²) in [6, 6.07) is 0. The molecule has 0 unspecified atom stereocenters. The molecule has 2 aliphatic heterocycles. The van der Waals surface area contributed by atoms with E-state index in [-0.39, 0.29) is 30.2 Å². The highest BCUT2D eigenvalue weighted by molar-refractivity contribution is 5.83. The first-order valence-electron chi connectivity index (χ1n) is 7.70. The van der Waals surface area contributed by atoms with Crippen molar-refractivity contribution in [3.8, 4) is 0 Å². The van der Waals surface area contributed by atoms with Gasteiger partial charge in [0.2, 0.25) is 11.8 Å². The van der Waals surface area contributed by atoms with Crippen molar-refractivity contribution in [2.75, 3.05) is 26.7 Å². The Labute approximate surface area is 132 Å². The van der Waals surface area contributed by atoms with Crippen LogP contribution in [0.2, 0.25) is 0 Å². The van der Waals surface area contributed by atoms with Crippen LogP contribution >= 0.6 is 0 Å². The Bertz CT molecular complexity index is 765. The lowest BCUT2D eigenvalue weighted by molar-refractivity contribution is -0.138. The Hall–Kier alpha value is -2.38. The number of hydrogen-bond donors (Lipinski definition) is 1. The smallest absolute Gasteiger partial charge is 0.328 e. The molecule has 2 atom stereocenters. The maximum Gasteiger partial charge on any atom is 0.328 e. The van der Waals surface area contributed by atoms with Crippen molar-refractivity contribution in [1.29, 1.82) is 0 Å². The molecule has 0 radical (unpaired) electrons. The van der Waals surface area contributed by atoms with Gasteiger partial charge in [0.25, 0.3) is 5.56 Å². The lowest BCUT2D eigenvalue weighted by atomic mass is 9.88. The Morgan fingerprint density at radius 3 is 2.78 bits per heavy atom. The van der Waals surface area contributed by atoms with E-state index in [0.717, 1.165) is 13.0 Å². The zero-order valence-corrected chi connectivity index (χ0v) is 13.2. The Kier molecular flexibility index (Phi) is 3.83. The van der Waals surface area contributed by atoms with Crippen LogP contribution in [0, 0.1) is 18.8 Å². The number of nitrogens with zero attached hydrogens (tertiary/aromatic N) is 3. The second kappa shape index (κ2) is 5.68. The lowest BCUT2D eigenvalue weighted by Gasteiger charge is -2.30. The van der Waals surface area contributed by atoms with E-state index in [1.54, 1.807) is 23.8 Å². The van der Waals surface area contributed by atoms with Crippen LogP contribution in [0.1, 0.15) is 12.0 Å². The van der Waals surface area contributed by atoms with Crippen molar-refractivity contribution in [2.24, 2.45) is 11.8 Å². The molecule has 0 bridgehead atoms. The summed E-state index contributed by atoms with van der Waals surface area (Å²) < 4.78 is 1.20. The fraction of sp³-hybridized carbons (Fsp3) is 0.600. The van der Waals surface area contributed by atoms with Crippen LogP contribution in [0.3, 0.4) is 0 Å². The summed E-state index contributed by atoms with van der Waals surface area (Å²) in [6.45, 7) is 3.14. The van der Waals surface area contributed by atoms with Gasteiger partial charge in [-0.25, -0.2) is 4.79 Å². The van der Waals surface area contributed by atoms with Gasteiger partial charge in [0, 0.05) is 38.4 Å². The standard InChI is InChI=1S/C15H20N4O4/c1-9-5-19(15(23)16-13(9)21)8-12(20)18-6-10-3-4-17(2)14(22)11(10)7-18/h5,10-11H,3-4,6-8H2,1-2H3,(H,16,21,23)/t10-,11+/m1/s1. The van der Waals surface area contributed by atoms with E-state index in [0.29, 0.717) is 18.7 Å². The molecule has 1 aromatic rings. The van der Waals surface area contributed by atoms with E-state index in [2.05, 4.69) is 4.98 Å². The van der Waals surface area contributed by atoms with Gasteiger partial charge >= 0.3 is 5.69 Å². The number of likely N-dealkylation sites (tertiary alicyclic amines) is 2. The molecule has 0 saturated carbocycles. The number of aromatic amines is 1. The second-order valence-corrected chi connectivity index (χ2v) is 6.41. The fourth-order valence-corrected chi connectivity index (χ4v) is 3.38. The highest BCUT2D eigenvalue weighted by Gasteiger charge is 2.43. The fourth-order valence-electron chi connectivity index (χ4n) is 3.38. The van der Waals surface area contributed by atoms with Gasteiger partial charge < -0.3 is 9.80 Å². The molecule has 3 rings (SSSR count). The molecule has 2 aliphatic rings. The topological polar surface area (TPSA) is 95.5 Å². The van der Waals surface area contributed by atoms with E-state index in [1.807, 2.05) is 0 Å². The number of carbonyl (C=O) groups excluding carboxylic acids is 2. The van der Waals surface area contributed by atoms with E-state index < -0.39 is 11.2 Å². The number of nitrogens with one attached hydrogen (secondary N) is 1. The molecule has 8 nitrogen and oxygen atoms in total. The summed E-state index contributed by atoms with van der Waals surface area (Å²) in [7, 11) is 1.78. The van der Waals surface area contributed by atoms with Gasteiger partial charge in [-0.15, -0.1) is 0 Å². The molecule has 23 heavy (non-hydrogen) atoms. The summed E-state index contributed by atoms with van der Waals surface area (Å²) >= 11 is 0. The molecule has 2 amide bonds. The van der Waals surface area contributed by atoms with Crippen LogP contribution in [0.25, 0.3) is 0 Å². The van der Waals surface area contributed by atoms with Crippen molar-refractivity contribution in [3.05, 3.63) is 32.6 Å². The number of amides is 2. The van der Waals surface area contributed by atoms with E-state index in [4.69, 9.17) is 0 Å². The first-order chi connectivity index (χ1) is 10.9. The van der Waals surface area contributed by atoms with Gasteiger partial charge in [0.15, 0.2) is 0 Å². The second-order valence-electron chi connectivity index (χ2n) is 6.41. The number of aryl methyl sites for hydroxylation is 1. The largest absolute Gasteiger partial charge is 0.345 e. The molecule has 2 saturated heterocycles. The highest BCUT2D eigenvalue weighted by atomic mass is 16.2. The molecule has 1 N–H and O–H groups in total. The Morgan fingerprint density at radius 2 is 2.04 bits per heavy atom. The Balaban J connectivity index is 1.73. The quantitative estimate of drug-likeness (QED) is 0.739. The van der Waals surface area contributed by atoms with E-state index >= 15 is 0 Å². The third kappa shape index (κ3) is 2.80. The van der Waals surface area contributed by atoms with Crippen LogP contribution in [-0.2, 0) is 16.1 Å². The predicted octanol–water partition coefficient (Wildman–Crippen LogP) is -1.22. The highest BCUT2D eigenvalue weighted by Crippen LogP contribution is 2.31. The van der Waals surface area contributed by atoms with Crippen LogP contribution in [0.15, 0.2) is 15.8 Å². The third-order valence-electron chi connectivity index (χ3n) is 4.82. The number of piperidine rings is 1. The molecule has 3 heterocycles. The van der Waals surface area contributed by atoms with Crippen LogP contribution < -0.4 is 11.2 Å². The van der Waals surface area contributed by atoms with Crippen molar-refractivity contribution < 1.29 is 9.59 Å². The van der Waals surface area contributed by atoms with Gasteiger partial charge in [-0.3, -0.25) is 23.9 Å². The third-order valence-corrected chi connectivity index (χ3v) is 4.82. The minimum absolute atomic E-state index is 0.0913. The number of H-pyrrole nitrogens is 1. The van der Waals surface area contributed by atoms with Crippen molar-refractivity contribution in [1.82, 2.24) is 19.4 Å². The number of aromatic nitrogens is 2. The van der Waals surface area contributed by atoms with Gasteiger partial charge in [-0.1, -0.05) is 0 Å². The molecule has 0 aliphatic carbocycles. The number of carbonyl (C=O) groups is 2. The van der Waals surface area contributed by atoms with E-state index in [9.17, 15) is 19.2 Å². The molecular weight excluding hydrogens is 300 g/mol. The van der Waals surface area contributed by atoms with Crippen LogP contribution in [0.4, 0.5) is 0 Å². The number of hydrogen-bond acceptors (Lipinski definition) is 4. The summed E-state index contributed by atoms with van der Waals surface area (Å²) in [6.07, 6.45) is 2.29. The van der Waals surface area contributed by atoms with Gasteiger partial charge in [-0.05, 0) is 19.3 Å². The zero-order chi connectivity index (χ0) is 16.7.